The van der Waals surface area contributed by atoms with Gasteiger partial charge in [-0.05, 0) is 53.1 Å². The molecule has 27 heavy (non-hydrogen) atoms. The third-order valence-corrected chi connectivity index (χ3v) is 4.35. The number of amides is 1. The SMILES string of the molecule is Cc1nnnn1-c1cccc(NC(=O)c2cc3ccccc3n(C)c2=O)c1. The van der Waals surface area contributed by atoms with E-state index in [9.17, 15) is 9.59 Å². The highest BCUT2D eigenvalue weighted by molar-refractivity contribution is 6.05. The van der Waals surface area contributed by atoms with Crippen LogP contribution in [0, 0.1) is 6.92 Å². The van der Waals surface area contributed by atoms with Gasteiger partial charge in [0.2, 0.25) is 0 Å². The van der Waals surface area contributed by atoms with Crippen molar-refractivity contribution in [1.82, 2.24) is 24.8 Å². The van der Waals surface area contributed by atoms with Crippen LogP contribution in [0.15, 0.2) is 59.4 Å². The highest BCUT2D eigenvalue weighted by atomic mass is 16.2. The van der Waals surface area contributed by atoms with Crippen LogP contribution in [0.3, 0.4) is 0 Å². The second-order valence-electron chi connectivity index (χ2n) is 6.12. The second kappa shape index (κ2) is 6.49. The van der Waals surface area contributed by atoms with E-state index in [1.165, 1.54) is 4.57 Å². The van der Waals surface area contributed by atoms with Crippen LogP contribution >= 0.6 is 0 Å². The molecule has 8 heteroatoms. The first-order chi connectivity index (χ1) is 13.0. The quantitative estimate of drug-likeness (QED) is 0.603. The lowest BCUT2D eigenvalue weighted by molar-refractivity contribution is 0.102. The molecule has 0 atom stereocenters. The molecule has 0 radical (unpaired) electrons. The van der Waals surface area contributed by atoms with Gasteiger partial charge in [-0.15, -0.1) is 5.10 Å². The van der Waals surface area contributed by atoms with Crippen molar-refractivity contribution in [2.45, 2.75) is 6.92 Å². The smallest absolute Gasteiger partial charge is 0.263 e. The summed E-state index contributed by atoms with van der Waals surface area (Å²) in [6.07, 6.45) is 0. The van der Waals surface area contributed by atoms with E-state index in [1.54, 1.807) is 42.9 Å². The minimum absolute atomic E-state index is 0.0835. The molecule has 1 amide bonds. The highest BCUT2D eigenvalue weighted by Gasteiger charge is 2.15. The first-order valence-electron chi connectivity index (χ1n) is 8.30. The molecule has 0 aliphatic carbocycles. The highest BCUT2D eigenvalue weighted by Crippen LogP contribution is 2.17. The molecule has 4 rings (SSSR count). The summed E-state index contributed by atoms with van der Waals surface area (Å²) < 4.78 is 3.04. The fourth-order valence-corrected chi connectivity index (χ4v) is 2.97. The maximum atomic E-state index is 12.7. The largest absolute Gasteiger partial charge is 0.322 e. The van der Waals surface area contributed by atoms with Gasteiger partial charge in [-0.3, -0.25) is 9.59 Å². The molecule has 0 saturated heterocycles. The van der Waals surface area contributed by atoms with Crippen molar-refractivity contribution in [3.63, 3.8) is 0 Å². The lowest BCUT2D eigenvalue weighted by atomic mass is 10.1. The Morgan fingerprint density at radius 1 is 1.07 bits per heavy atom. The zero-order chi connectivity index (χ0) is 19.0. The van der Waals surface area contributed by atoms with Gasteiger partial charge in [0, 0.05) is 12.7 Å². The van der Waals surface area contributed by atoms with Gasteiger partial charge >= 0.3 is 0 Å². The van der Waals surface area contributed by atoms with Crippen LogP contribution in [0.4, 0.5) is 5.69 Å². The third kappa shape index (κ3) is 2.97. The number of benzene rings is 2. The number of pyridine rings is 1. The molecule has 134 valence electrons. The number of rotatable bonds is 3. The van der Waals surface area contributed by atoms with Gasteiger partial charge in [0.15, 0.2) is 5.82 Å². The summed E-state index contributed by atoms with van der Waals surface area (Å²) in [6, 6.07) is 16.1. The van der Waals surface area contributed by atoms with Crippen LogP contribution in [0.25, 0.3) is 16.6 Å². The maximum Gasteiger partial charge on any atom is 0.263 e. The molecule has 0 aliphatic rings. The molecule has 0 saturated carbocycles. The zero-order valence-electron chi connectivity index (χ0n) is 14.7. The Morgan fingerprint density at radius 3 is 2.67 bits per heavy atom. The molecule has 4 aromatic rings. The first kappa shape index (κ1) is 16.6. The number of carbonyl (C=O) groups excluding carboxylic acids is 1. The van der Waals surface area contributed by atoms with Gasteiger partial charge in [0.1, 0.15) is 5.56 Å². The molecular weight excluding hydrogens is 344 g/mol. The van der Waals surface area contributed by atoms with Gasteiger partial charge in [-0.25, -0.2) is 0 Å². The first-order valence-corrected chi connectivity index (χ1v) is 8.30. The summed E-state index contributed by atoms with van der Waals surface area (Å²) in [7, 11) is 1.66. The Balaban J connectivity index is 1.69. The van der Waals surface area contributed by atoms with E-state index in [0.717, 1.165) is 10.9 Å². The number of aryl methyl sites for hydroxylation is 2. The van der Waals surface area contributed by atoms with Gasteiger partial charge in [0.25, 0.3) is 11.5 Å². The summed E-state index contributed by atoms with van der Waals surface area (Å²) in [5, 5.41) is 15.0. The van der Waals surface area contributed by atoms with Gasteiger partial charge in [-0.1, -0.05) is 24.3 Å². The summed E-state index contributed by atoms with van der Waals surface area (Å²) in [5.41, 5.74) is 1.76. The van der Waals surface area contributed by atoms with Crippen LogP contribution in [-0.4, -0.2) is 30.7 Å². The van der Waals surface area contributed by atoms with Crippen molar-refractivity contribution < 1.29 is 4.79 Å². The van der Waals surface area contributed by atoms with E-state index in [-0.39, 0.29) is 11.1 Å². The lowest BCUT2D eigenvalue weighted by Crippen LogP contribution is -2.27. The van der Waals surface area contributed by atoms with Crippen LogP contribution in [0.2, 0.25) is 0 Å². The summed E-state index contributed by atoms with van der Waals surface area (Å²) in [4.78, 5) is 25.3. The van der Waals surface area contributed by atoms with Gasteiger partial charge in [-0.2, -0.15) is 4.68 Å². The van der Waals surface area contributed by atoms with E-state index in [4.69, 9.17) is 0 Å². The summed E-state index contributed by atoms with van der Waals surface area (Å²) in [5.74, 6) is 0.161. The summed E-state index contributed by atoms with van der Waals surface area (Å²) >= 11 is 0. The standard InChI is InChI=1S/C19H16N6O2/c1-12-21-22-23-25(12)15-8-5-7-14(11-15)20-18(26)16-10-13-6-3-4-9-17(13)24(2)19(16)27/h3-11H,1-2H3,(H,20,26). The molecule has 0 bridgehead atoms. The average molecular weight is 360 g/mol. The molecule has 0 spiro atoms. The second-order valence-corrected chi connectivity index (χ2v) is 6.12. The number of hydrogen-bond donors (Lipinski definition) is 1. The molecule has 0 unspecified atom stereocenters. The van der Waals surface area contributed by atoms with Crippen molar-refractivity contribution in [1.29, 1.82) is 0 Å². The Hall–Kier alpha value is -3.81. The van der Waals surface area contributed by atoms with Crippen LogP contribution < -0.4 is 10.9 Å². The molecule has 0 aliphatic heterocycles. The minimum atomic E-state index is -0.466. The summed E-state index contributed by atoms with van der Waals surface area (Å²) in [6.45, 7) is 1.78. The van der Waals surface area contributed by atoms with Crippen LogP contribution in [0.5, 0.6) is 0 Å². The van der Waals surface area contributed by atoms with Gasteiger partial charge < -0.3 is 9.88 Å². The molecule has 2 aromatic carbocycles. The maximum absolute atomic E-state index is 12.7. The normalized spacial score (nSPS) is 10.9. The molecule has 8 nitrogen and oxygen atoms in total. The number of para-hydroxylation sites is 1. The number of nitrogens with one attached hydrogen (secondary N) is 1. The number of anilines is 1. The van der Waals surface area contributed by atoms with Gasteiger partial charge in [0.05, 0.1) is 11.2 Å². The number of hydrogen-bond acceptors (Lipinski definition) is 5. The van der Waals surface area contributed by atoms with Crippen LogP contribution in [-0.2, 0) is 7.05 Å². The predicted octanol–water partition coefficient (Wildman–Crippen LogP) is 2.07. The monoisotopic (exact) mass is 360 g/mol. The van der Waals surface area contributed by atoms with E-state index >= 15 is 0 Å². The molecule has 2 aromatic heterocycles. The number of fused-ring (bicyclic) bond motifs is 1. The molecule has 1 N–H and O–H groups in total. The molecular formula is C19H16N6O2. The van der Waals surface area contributed by atoms with E-state index in [1.807, 2.05) is 30.3 Å². The minimum Gasteiger partial charge on any atom is -0.322 e. The zero-order valence-corrected chi connectivity index (χ0v) is 14.7. The van der Waals surface area contributed by atoms with E-state index in [2.05, 4.69) is 20.8 Å². The van der Waals surface area contributed by atoms with Crippen molar-refractivity contribution in [2.24, 2.45) is 7.05 Å². The Morgan fingerprint density at radius 2 is 1.89 bits per heavy atom. The van der Waals surface area contributed by atoms with Crippen LogP contribution in [0.1, 0.15) is 16.2 Å². The fraction of sp³-hybridized carbons (Fsp3) is 0.105. The fourth-order valence-electron chi connectivity index (χ4n) is 2.97. The van der Waals surface area contributed by atoms with E-state index in [0.29, 0.717) is 17.2 Å². The number of nitrogens with zero attached hydrogens (tertiary/aromatic N) is 5. The molecule has 0 fully saturated rings. The van der Waals surface area contributed by atoms with E-state index < -0.39 is 5.91 Å². The number of tetrazole rings is 1. The Bertz CT molecular complexity index is 1220. The lowest BCUT2D eigenvalue weighted by Gasteiger charge is -2.10. The van der Waals surface area contributed by atoms with Crippen molar-refractivity contribution in [3.05, 3.63) is 76.3 Å². The molecule has 2 heterocycles. The topological polar surface area (TPSA) is 94.7 Å². The third-order valence-electron chi connectivity index (χ3n) is 4.35. The van der Waals surface area contributed by atoms with Crippen molar-refractivity contribution in [2.75, 3.05) is 5.32 Å². The van der Waals surface area contributed by atoms with Crippen molar-refractivity contribution in [3.8, 4) is 5.69 Å². The number of aromatic nitrogens is 5. The Kier molecular flexibility index (Phi) is 4.00. The van der Waals surface area contributed by atoms with Crippen molar-refractivity contribution >= 4 is 22.5 Å². The number of carbonyl (C=O) groups is 1. The predicted molar refractivity (Wildman–Crippen MR) is 101 cm³/mol. The average Bonchev–Trinajstić information content (AvgIpc) is 3.11. The Labute approximate surface area is 154 Å².